The Bertz CT molecular complexity index is 539. The Morgan fingerprint density at radius 1 is 1.33 bits per heavy atom. The highest BCUT2D eigenvalue weighted by molar-refractivity contribution is 5.99. The van der Waals surface area contributed by atoms with Gasteiger partial charge in [0.25, 0.3) is 5.91 Å². The minimum absolute atomic E-state index is 0.00172. The highest BCUT2D eigenvalue weighted by Gasteiger charge is 2.24. The van der Waals surface area contributed by atoms with E-state index in [2.05, 4.69) is 5.32 Å². The summed E-state index contributed by atoms with van der Waals surface area (Å²) in [5, 5.41) is 21.6. The summed E-state index contributed by atoms with van der Waals surface area (Å²) in [4.78, 5) is 23.4. The number of phenolic OH excluding ortho intramolecular Hbond substituents is 1. The van der Waals surface area contributed by atoms with Gasteiger partial charge in [0.2, 0.25) is 0 Å². The van der Waals surface area contributed by atoms with Crippen LogP contribution in [-0.2, 0) is 4.79 Å². The Morgan fingerprint density at radius 2 is 1.95 bits per heavy atom. The number of amides is 1. The molecule has 0 fully saturated rings. The summed E-state index contributed by atoms with van der Waals surface area (Å²) in [6.45, 7) is 5.49. The number of methoxy groups -OCH3 is 1. The molecule has 116 valence electrons. The van der Waals surface area contributed by atoms with Crippen LogP contribution in [0.25, 0.3) is 0 Å². The van der Waals surface area contributed by atoms with Crippen LogP contribution in [0.4, 0.5) is 0 Å². The lowest BCUT2D eigenvalue weighted by Gasteiger charge is -2.17. The van der Waals surface area contributed by atoms with E-state index in [1.165, 1.54) is 13.2 Å². The maximum absolute atomic E-state index is 12.2. The van der Waals surface area contributed by atoms with Crippen molar-refractivity contribution in [2.45, 2.75) is 33.2 Å². The number of aromatic hydroxyl groups is 1. The molecule has 0 saturated carbocycles. The first kappa shape index (κ1) is 16.8. The number of benzene rings is 1. The maximum Gasteiger partial charge on any atom is 0.326 e. The smallest absolute Gasteiger partial charge is 0.326 e. The molecule has 0 aliphatic heterocycles. The number of aryl methyl sites for hydroxylation is 1. The lowest BCUT2D eigenvalue weighted by Crippen LogP contribution is -2.41. The number of ether oxygens (including phenoxy) is 1. The van der Waals surface area contributed by atoms with Gasteiger partial charge in [-0.05, 0) is 37.0 Å². The zero-order valence-electron chi connectivity index (χ0n) is 12.6. The standard InChI is InChI=1S/C15H21NO5/c1-8(2)5-11(15(19)20)16-14(18)10-6-9(3)7-12(21-4)13(10)17/h6-8,11,17H,5H2,1-4H3,(H,16,18)(H,19,20)/t11-/m0/s1. The quantitative estimate of drug-likeness (QED) is 0.745. The number of hydrogen-bond donors (Lipinski definition) is 3. The minimum atomic E-state index is -1.10. The molecule has 6 heteroatoms. The molecule has 21 heavy (non-hydrogen) atoms. The molecule has 6 nitrogen and oxygen atoms in total. The Hall–Kier alpha value is -2.24. The van der Waals surface area contributed by atoms with E-state index in [9.17, 15) is 14.7 Å². The van der Waals surface area contributed by atoms with Crippen molar-refractivity contribution in [3.63, 3.8) is 0 Å². The molecule has 0 bridgehead atoms. The average molecular weight is 295 g/mol. The summed E-state index contributed by atoms with van der Waals surface area (Å²) in [5.74, 6) is -1.74. The SMILES string of the molecule is COc1cc(C)cc(C(=O)N[C@@H](CC(C)C)C(=O)O)c1O. The van der Waals surface area contributed by atoms with E-state index in [4.69, 9.17) is 9.84 Å². The molecule has 1 amide bonds. The third-order valence-corrected chi connectivity index (χ3v) is 2.99. The molecular formula is C15H21NO5. The molecule has 0 spiro atoms. The Balaban J connectivity index is 3.03. The van der Waals surface area contributed by atoms with E-state index in [0.29, 0.717) is 6.42 Å². The van der Waals surface area contributed by atoms with Gasteiger partial charge < -0.3 is 20.3 Å². The van der Waals surface area contributed by atoms with Gasteiger partial charge in [0, 0.05) is 0 Å². The Labute approximate surface area is 123 Å². The lowest BCUT2D eigenvalue weighted by molar-refractivity contribution is -0.139. The van der Waals surface area contributed by atoms with Crippen LogP contribution in [0.5, 0.6) is 11.5 Å². The van der Waals surface area contributed by atoms with Crippen molar-refractivity contribution >= 4 is 11.9 Å². The fourth-order valence-electron chi connectivity index (χ4n) is 2.00. The number of rotatable bonds is 6. The molecule has 0 unspecified atom stereocenters. The summed E-state index contributed by atoms with van der Waals surface area (Å²) in [7, 11) is 1.38. The number of carbonyl (C=O) groups is 2. The third-order valence-electron chi connectivity index (χ3n) is 2.99. The molecular weight excluding hydrogens is 274 g/mol. The number of phenols is 1. The first-order valence-electron chi connectivity index (χ1n) is 6.67. The number of hydrogen-bond acceptors (Lipinski definition) is 4. The highest BCUT2D eigenvalue weighted by Crippen LogP contribution is 2.31. The van der Waals surface area contributed by atoms with Gasteiger partial charge in [-0.25, -0.2) is 4.79 Å². The van der Waals surface area contributed by atoms with Crippen molar-refractivity contribution in [1.82, 2.24) is 5.32 Å². The first-order valence-corrected chi connectivity index (χ1v) is 6.67. The summed E-state index contributed by atoms with van der Waals surface area (Å²) >= 11 is 0. The van der Waals surface area contributed by atoms with Crippen LogP contribution in [0.2, 0.25) is 0 Å². The molecule has 0 radical (unpaired) electrons. The average Bonchev–Trinajstić information content (AvgIpc) is 2.39. The summed E-state index contributed by atoms with van der Waals surface area (Å²) in [5.41, 5.74) is 0.729. The van der Waals surface area contributed by atoms with Crippen molar-refractivity contribution in [3.05, 3.63) is 23.3 Å². The molecule has 0 aliphatic rings. The van der Waals surface area contributed by atoms with Crippen LogP contribution in [0, 0.1) is 12.8 Å². The molecule has 0 aliphatic carbocycles. The summed E-state index contributed by atoms with van der Waals surface area (Å²) < 4.78 is 4.99. The molecule has 0 heterocycles. The Kier molecular flexibility index (Phi) is 5.58. The second-order valence-electron chi connectivity index (χ2n) is 5.36. The highest BCUT2D eigenvalue weighted by atomic mass is 16.5. The van der Waals surface area contributed by atoms with Gasteiger partial charge in [-0.15, -0.1) is 0 Å². The minimum Gasteiger partial charge on any atom is -0.504 e. The number of carbonyl (C=O) groups excluding carboxylic acids is 1. The van der Waals surface area contributed by atoms with Crippen LogP contribution in [-0.4, -0.2) is 35.2 Å². The van der Waals surface area contributed by atoms with Gasteiger partial charge in [0.1, 0.15) is 6.04 Å². The van der Waals surface area contributed by atoms with Crippen LogP contribution < -0.4 is 10.1 Å². The molecule has 0 saturated heterocycles. The largest absolute Gasteiger partial charge is 0.504 e. The lowest BCUT2D eigenvalue weighted by atomic mass is 10.0. The van der Waals surface area contributed by atoms with Crippen molar-refractivity contribution in [2.24, 2.45) is 5.92 Å². The summed E-state index contributed by atoms with van der Waals surface area (Å²) in [6, 6.07) is 2.08. The van der Waals surface area contributed by atoms with E-state index in [-0.39, 0.29) is 23.0 Å². The molecule has 0 aromatic heterocycles. The van der Waals surface area contributed by atoms with Crippen molar-refractivity contribution in [3.8, 4) is 11.5 Å². The van der Waals surface area contributed by atoms with Gasteiger partial charge in [-0.3, -0.25) is 4.79 Å². The molecule has 1 aromatic carbocycles. The molecule has 1 atom stereocenters. The second kappa shape index (κ2) is 6.97. The van der Waals surface area contributed by atoms with E-state index in [1.54, 1.807) is 13.0 Å². The number of nitrogens with one attached hydrogen (secondary N) is 1. The van der Waals surface area contributed by atoms with Crippen molar-refractivity contribution in [1.29, 1.82) is 0 Å². The fourth-order valence-corrected chi connectivity index (χ4v) is 2.00. The number of carboxylic acid groups (broad SMARTS) is 1. The van der Waals surface area contributed by atoms with Crippen molar-refractivity contribution < 1.29 is 24.5 Å². The molecule has 1 aromatic rings. The molecule has 1 rings (SSSR count). The van der Waals surface area contributed by atoms with E-state index in [0.717, 1.165) is 5.56 Å². The van der Waals surface area contributed by atoms with Crippen LogP contribution >= 0.6 is 0 Å². The second-order valence-corrected chi connectivity index (χ2v) is 5.36. The van der Waals surface area contributed by atoms with Gasteiger partial charge in [0.05, 0.1) is 12.7 Å². The van der Waals surface area contributed by atoms with Gasteiger partial charge >= 0.3 is 5.97 Å². The van der Waals surface area contributed by atoms with Gasteiger partial charge in [-0.1, -0.05) is 13.8 Å². The summed E-state index contributed by atoms with van der Waals surface area (Å²) in [6.07, 6.45) is 0.310. The molecule has 3 N–H and O–H groups in total. The van der Waals surface area contributed by atoms with Gasteiger partial charge in [-0.2, -0.15) is 0 Å². The van der Waals surface area contributed by atoms with Crippen molar-refractivity contribution in [2.75, 3.05) is 7.11 Å². The predicted molar refractivity (Wildman–Crippen MR) is 77.7 cm³/mol. The zero-order valence-corrected chi connectivity index (χ0v) is 12.6. The Morgan fingerprint density at radius 3 is 2.43 bits per heavy atom. The third kappa shape index (κ3) is 4.37. The predicted octanol–water partition coefficient (Wildman–Crippen LogP) is 1.94. The van der Waals surface area contributed by atoms with Crippen LogP contribution in [0.3, 0.4) is 0 Å². The van der Waals surface area contributed by atoms with Crippen LogP contribution in [0.1, 0.15) is 36.2 Å². The first-order chi connectivity index (χ1) is 9.76. The topological polar surface area (TPSA) is 95.9 Å². The zero-order chi connectivity index (χ0) is 16.2. The van der Waals surface area contributed by atoms with Gasteiger partial charge in [0.15, 0.2) is 11.5 Å². The number of aliphatic carboxylic acids is 1. The van der Waals surface area contributed by atoms with E-state index < -0.39 is 17.9 Å². The maximum atomic E-state index is 12.2. The van der Waals surface area contributed by atoms with E-state index >= 15 is 0 Å². The number of carboxylic acids is 1. The fraction of sp³-hybridized carbons (Fsp3) is 0.467. The van der Waals surface area contributed by atoms with Crippen LogP contribution in [0.15, 0.2) is 12.1 Å². The monoisotopic (exact) mass is 295 g/mol. The normalized spacial score (nSPS) is 12.0. The van der Waals surface area contributed by atoms with E-state index in [1.807, 2.05) is 13.8 Å².